The van der Waals surface area contributed by atoms with Gasteiger partial charge in [-0.25, -0.2) is 4.98 Å². The van der Waals surface area contributed by atoms with Crippen molar-refractivity contribution in [1.82, 2.24) is 34.7 Å². The largest absolute Gasteiger partial charge is 0.480 e. The van der Waals surface area contributed by atoms with Gasteiger partial charge in [-0.1, -0.05) is 12.1 Å². The molecule has 0 aliphatic carbocycles. The van der Waals surface area contributed by atoms with Crippen molar-refractivity contribution in [2.24, 2.45) is 0 Å². The fourth-order valence-electron chi connectivity index (χ4n) is 3.74. The Morgan fingerprint density at radius 3 is 2.74 bits per heavy atom. The predicted molar refractivity (Wildman–Crippen MR) is 117 cm³/mol. The van der Waals surface area contributed by atoms with Gasteiger partial charge in [-0.05, 0) is 38.5 Å². The first-order valence-electron chi connectivity index (χ1n) is 10.5. The van der Waals surface area contributed by atoms with E-state index >= 15 is 0 Å². The number of rotatable bonds is 9. The van der Waals surface area contributed by atoms with E-state index in [2.05, 4.69) is 45.1 Å². The van der Waals surface area contributed by atoms with Gasteiger partial charge in [0.2, 0.25) is 11.8 Å². The van der Waals surface area contributed by atoms with E-state index in [9.17, 15) is 4.79 Å². The van der Waals surface area contributed by atoms with Crippen LogP contribution in [0.4, 0.5) is 0 Å². The first kappa shape index (κ1) is 20.8. The normalized spacial score (nSPS) is 11.5. The van der Waals surface area contributed by atoms with Crippen molar-refractivity contribution >= 4 is 22.6 Å². The molecule has 0 atom stereocenters. The Hall–Kier alpha value is -3.49. The van der Waals surface area contributed by atoms with Crippen LogP contribution in [0, 0.1) is 0 Å². The van der Waals surface area contributed by atoms with Crippen LogP contribution in [0.5, 0.6) is 5.88 Å². The molecule has 4 rings (SSSR count). The number of para-hydroxylation sites is 2. The number of benzene rings is 1. The highest BCUT2D eigenvalue weighted by atomic mass is 16.5. The molecular formula is C22H27N7O2. The summed E-state index contributed by atoms with van der Waals surface area (Å²) in [5.74, 6) is 2.23. The minimum atomic E-state index is 0.0200. The third-order valence-corrected chi connectivity index (χ3v) is 5.17. The van der Waals surface area contributed by atoms with Crippen LogP contribution in [0.15, 0.2) is 36.4 Å². The molecule has 1 N–H and O–H groups in total. The molecule has 4 aromatic rings. The molecule has 9 heteroatoms. The number of carbonyl (C=O) groups is 1. The van der Waals surface area contributed by atoms with Crippen molar-refractivity contribution in [2.75, 3.05) is 13.7 Å². The van der Waals surface area contributed by atoms with Gasteiger partial charge in [-0.2, -0.15) is 4.52 Å². The molecule has 1 aromatic carbocycles. The Balaban J connectivity index is 1.29. The molecule has 3 heterocycles. The zero-order chi connectivity index (χ0) is 21.8. The topological polar surface area (TPSA) is 99.2 Å². The van der Waals surface area contributed by atoms with Gasteiger partial charge in [0.25, 0.3) is 0 Å². The number of methoxy groups -OCH3 is 1. The Bertz CT molecular complexity index is 1200. The van der Waals surface area contributed by atoms with Gasteiger partial charge in [0.05, 0.1) is 18.1 Å². The molecule has 0 aliphatic rings. The lowest BCUT2D eigenvalue weighted by Gasteiger charge is -2.13. The number of nitrogens with one attached hydrogen (secondary N) is 1. The van der Waals surface area contributed by atoms with Crippen LogP contribution in [0.25, 0.3) is 16.7 Å². The maximum absolute atomic E-state index is 12.3. The van der Waals surface area contributed by atoms with Crippen LogP contribution < -0.4 is 10.1 Å². The van der Waals surface area contributed by atoms with Gasteiger partial charge < -0.3 is 14.6 Å². The molecule has 0 unspecified atom stereocenters. The summed E-state index contributed by atoms with van der Waals surface area (Å²) in [6, 6.07) is 12.0. The molecular weight excluding hydrogens is 394 g/mol. The summed E-state index contributed by atoms with van der Waals surface area (Å²) in [4.78, 5) is 17.0. The molecule has 0 saturated heterocycles. The van der Waals surface area contributed by atoms with E-state index in [-0.39, 0.29) is 5.91 Å². The summed E-state index contributed by atoms with van der Waals surface area (Å²) >= 11 is 0. The lowest BCUT2D eigenvalue weighted by molar-refractivity contribution is -0.121. The fourth-order valence-corrected chi connectivity index (χ4v) is 3.74. The van der Waals surface area contributed by atoms with E-state index in [1.807, 2.05) is 18.2 Å². The number of aryl methyl sites for hydroxylation is 1. The number of carbonyl (C=O) groups excluding carboxylic acids is 1. The molecule has 9 nitrogen and oxygen atoms in total. The van der Waals surface area contributed by atoms with Crippen LogP contribution in [-0.4, -0.2) is 48.9 Å². The number of aromatic nitrogens is 6. The maximum atomic E-state index is 12.3. The van der Waals surface area contributed by atoms with Crippen molar-refractivity contribution in [2.45, 2.75) is 45.6 Å². The SMILES string of the molecule is COc1ccc2nnc(CCCC(=O)NCCc3nc4ccccc4n3C(C)C)n2n1. The van der Waals surface area contributed by atoms with Crippen LogP contribution in [0.1, 0.15) is 44.4 Å². The zero-order valence-corrected chi connectivity index (χ0v) is 18.1. The van der Waals surface area contributed by atoms with Gasteiger partial charge in [0, 0.05) is 37.9 Å². The van der Waals surface area contributed by atoms with Crippen LogP contribution in [0.2, 0.25) is 0 Å². The molecule has 162 valence electrons. The number of hydrogen-bond acceptors (Lipinski definition) is 6. The fraction of sp³-hybridized carbons (Fsp3) is 0.409. The number of ether oxygens (including phenoxy) is 1. The van der Waals surface area contributed by atoms with Gasteiger partial charge in [-0.3, -0.25) is 4.79 Å². The second-order valence-electron chi connectivity index (χ2n) is 7.70. The number of fused-ring (bicyclic) bond motifs is 2. The minimum absolute atomic E-state index is 0.0200. The lowest BCUT2D eigenvalue weighted by atomic mass is 10.2. The van der Waals surface area contributed by atoms with Crippen LogP contribution in [0.3, 0.4) is 0 Å². The van der Waals surface area contributed by atoms with Gasteiger partial charge in [0.15, 0.2) is 11.5 Å². The number of amides is 1. The van der Waals surface area contributed by atoms with Crippen LogP contribution in [-0.2, 0) is 17.6 Å². The number of hydrogen-bond donors (Lipinski definition) is 1. The van der Waals surface area contributed by atoms with E-state index in [1.54, 1.807) is 23.8 Å². The van der Waals surface area contributed by atoms with Crippen molar-refractivity contribution in [3.8, 4) is 5.88 Å². The third-order valence-electron chi connectivity index (χ3n) is 5.17. The monoisotopic (exact) mass is 421 g/mol. The van der Waals surface area contributed by atoms with Gasteiger partial charge in [-0.15, -0.1) is 15.3 Å². The Kier molecular flexibility index (Phi) is 6.11. The van der Waals surface area contributed by atoms with Crippen molar-refractivity contribution in [3.63, 3.8) is 0 Å². The summed E-state index contributed by atoms with van der Waals surface area (Å²) in [5.41, 5.74) is 2.78. The number of nitrogens with zero attached hydrogens (tertiary/aromatic N) is 6. The predicted octanol–water partition coefficient (Wildman–Crippen LogP) is 2.75. The zero-order valence-electron chi connectivity index (χ0n) is 18.1. The molecule has 0 radical (unpaired) electrons. The molecule has 1 amide bonds. The summed E-state index contributed by atoms with van der Waals surface area (Å²) in [6.45, 7) is 4.85. The van der Waals surface area contributed by atoms with E-state index in [0.29, 0.717) is 55.6 Å². The lowest BCUT2D eigenvalue weighted by Crippen LogP contribution is -2.26. The van der Waals surface area contributed by atoms with E-state index in [1.165, 1.54) is 0 Å². The smallest absolute Gasteiger partial charge is 0.231 e. The molecule has 31 heavy (non-hydrogen) atoms. The molecule has 3 aromatic heterocycles. The molecule has 0 aliphatic heterocycles. The minimum Gasteiger partial charge on any atom is -0.480 e. The van der Waals surface area contributed by atoms with Crippen molar-refractivity contribution in [1.29, 1.82) is 0 Å². The van der Waals surface area contributed by atoms with Crippen molar-refractivity contribution < 1.29 is 9.53 Å². The van der Waals surface area contributed by atoms with Crippen molar-refractivity contribution in [3.05, 3.63) is 48.0 Å². The highest BCUT2D eigenvalue weighted by molar-refractivity contribution is 5.76. The van der Waals surface area contributed by atoms with Crippen LogP contribution >= 0.6 is 0 Å². The Morgan fingerprint density at radius 2 is 1.94 bits per heavy atom. The summed E-state index contributed by atoms with van der Waals surface area (Å²) in [6.07, 6.45) is 2.38. The summed E-state index contributed by atoms with van der Waals surface area (Å²) in [7, 11) is 1.57. The van der Waals surface area contributed by atoms with E-state index in [0.717, 1.165) is 16.9 Å². The van der Waals surface area contributed by atoms with Gasteiger partial charge >= 0.3 is 0 Å². The standard InChI is InChI=1S/C22H27N7O2/c1-15(2)28-17-8-5-4-7-16(17)24-18(28)13-14-23-21(30)10-6-9-19-25-26-20-11-12-22(31-3)27-29(19)20/h4-5,7-8,11-12,15H,6,9-10,13-14H2,1-3H3,(H,23,30). The first-order valence-corrected chi connectivity index (χ1v) is 10.5. The molecule has 0 spiro atoms. The average Bonchev–Trinajstić information content (AvgIpc) is 3.34. The second-order valence-corrected chi connectivity index (χ2v) is 7.70. The first-order chi connectivity index (χ1) is 15.1. The number of imidazole rings is 1. The van der Waals surface area contributed by atoms with Gasteiger partial charge in [0.1, 0.15) is 5.82 Å². The molecule has 0 saturated carbocycles. The highest BCUT2D eigenvalue weighted by Gasteiger charge is 2.13. The summed E-state index contributed by atoms with van der Waals surface area (Å²) < 4.78 is 9.05. The average molecular weight is 422 g/mol. The van der Waals surface area contributed by atoms with E-state index in [4.69, 9.17) is 9.72 Å². The molecule has 0 fully saturated rings. The van der Waals surface area contributed by atoms with E-state index < -0.39 is 0 Å². The quantitative estimate of drug-likeness (QED) is 0.446. The third kappa shape index (κ3) is 4.50. The summed E-state index contributed by atoms with van der Waals surface area (Å²) in [5, 5.41) is 15.6. The Labute approximate surface area is 180 Å². The Morgan fingerprint density at radius 1 is 1.10 bits per heavy atom. The molecule has 0 bridgehead atoms. The maximum Gasteiger partial charge on any atom is 0.231 e. The second kappa shape index (κ2) is 9.11. The highest BCUT2D eigenvalue weighted by Crippen LogP contribution is 2.21.